The van der Waals surface area contributed by atoms with Crippen LogP contribution in [0.5, 0.6) is 11.5 Å². The van der Waals surface area contributed by atoms with Crippen molar-refractivity contribution in [2.75, 3.05) is 14.7 Å². The van der Waals surface area contributed by atoms with Gasteiger partial charge in [0, 0.05) is 46.4 Å². The molecule has 1 aromatic heterocycles. The fourth-order valence-corrected chi connectivity index (χ4v) is 10.6. The molecule has 2 aliphatic heterocycles. The minimum atomic E-state index is -0.683. The maximum absolute atomic E-state index is 6.35. The molecule has 0 radical (unpaired) electrons. The Morgan fingerprint density at radius 1 is 0.369 bits per heavy atom. The van der Waals surface area contributed by atoms with Gasteiger partial charge in [0.1, 0.15) is 0 Å². The molecule has 1 spiro atoms. The number of fused-ring (bicyclic) bond motifs is 11. The average molecular weight is 833 g/mol. The van der Waals surface area contributed by atoms with Crippen LogP contribution in [0.2, 0.25) is 0 Å². The number of rotatable bonds is 6. The van der Waals surface area contributed by atoms with Crippen LogP contribution >= 0.6 is 0 Å². The summed E-state index contributed by atoms with van der Waals surface area (Å²) in [6.45, 7) is 0. The van der Waals surface area contributed by atoms with Gasteiger partial charge in [-0.3, -0.25) is 4.98 Å². The SMILES string of the molecule is c1ccc(N(c2ccccc2)c2ccc3c(c2)C2(c4ccccc4-c4cnccc42)c2cc(-c4ccc(N5c6ccccc6Oc6ccccc65)cc4)ccc2N3c2ccccc2)cc1. The monoisotopic (exact) mass is 832 g/mol. The van der Waals surface area contributed by atoms with E-state index in [4.69, 9.17) is 9.72 Å². The van der Waals surface area contributed by atoms with E-state index in [0.717, 1.165) is 79.4 Å². The van der Waals surface area contributed by atoms with E-state index >= 15 is 0 Å². The molecule has 10 aromatic rings. The highest BCUT2D eigenvalue weighted by Crippen LogP contribution is 2.64. The number of para-hydroxylation sites is 7. The van der Waals surface area contributed by atoms with Crippen LogP contribution in [0.1, 0.15) is 22.3 Å². The molecule has 0 saturated carbocycles. The molecule has 0 N–H and O–H groups in total. The number of benzene rings is 9. The second kappa shape index (κ2) is 14.7. The third kappa shape index (κ3) is 5.62. The summed E-state index contributed by atoms with van der Waals surface area (Å²) in [6.07, 6.45) is 4.02. The van der Waals surface area contributed by atoms with E-state index < -0.39 is 5.41 Å². The summed E-state index contributed by atoms with van der Waals surface area (Å²) >= 11 is 0. The van der Waals surface area contributed by atoms with Gasteiger partial charge in [-0.2, -0.15) is 0 Å². The fourth-order valence-electron chi connectivity index (χ4n) is 10.6. The second-order valence-corrected chi connectivity index (χ2v) is 16.7. The predicted octanol–water partition coefficient (Wildman–Crippen LogP) is 15.9. The fraction of sp³-hybridized carbons (Fsp3) is 0.0167. The summed E-state index contributed by atoms with van der Waals surface area (Å²) in [6, 6.07) is 82.9. The molecular formula is C60H40N4O. The first-order chi connectivity index (χ1) is 32.3. The Labute approximate surface area is 378 Å². The van der Waals surface area contributed by atoms with Gasteiger partial charge in [-0.15, -0.1) is 0 Å². The third-order valence-electron chi connectivity index (χ3n) is 13.3. The van der Waals surface area contributed by atoms with E-state index in [9.17, 15) is 0 Å². The van der Waals surface area contributed by atoms with E-state index in [-0.39, 0.29) is 0 Å². The van der Waals surface area contributed by atoms with Crippen molar-refractivity contribution in [3.05, 3.63) is 265 Å². The van der Waals surface area contributed by atoms with Crippen LogP contribution in [0.4, 0.5) is 51.2 Å². The number of aromatic nitrogens is 1. The van der Waals surface area contributed by atoms with Crippen molar-refractivity contribution in [1.29, 1.82) is 0 Å². The van der Waals surface area contributed by atoms with Crippen LogP contribution in [0.3, 0.4) is 0 Å². The van der Waals surface area contributed by atoms with Crippen LogP contribution in [-0.4, -0.2) is 4.98 Å². The molecule has 9 aromatic carbocycles. The highest BCUT2D eigenvalue weighted by atomic mass is 16.5. The molecule has 13 rings (SSSR count). The van der Waals surface area contributed by atoms with Crippen molar-refractivity contribution >= 4 is 51.2 Å². The van der Waals surface area contributed by atoms with E-state index in [1.807, 2.05) is 30.5 Å². The lowest BCUT2D eigenvalue weighted by Crippen LogP contribution is -2.36. The smallest absolute Gasteiger partial charge is 0.151 e. The van der Waals surface area contributed by atoms with Gasteiger partial charge >= 0.3 is 0 Å². The number of hydrogen-bond acceptors (Lipinski definition) is 5. The largest absolute Gasteiger partial charge is 0.453 e. The summed E-state index contributed by atoms with van der Waals surface area (Å²) < 4.78 is 6.35. The first-order valence-electron chi connectivity index (χ1n) is 22.1. The minimum absolute atomic E-state index is 0.683. The van der Waals surface area contributed by atoms with Crippen LogP contribution in [-0.2, 0) is 5.41 Å². The summed E-state index contributed by atoms with van der Waals surface area (Å²) in [5.41, 5.74) is 18.6. The van der Waals surface area contributed by atoms with Gasteiger partial charge in [0.2, 0.25) is 0 Å². The molecular weight excluding hydrogens is 793 g/mol. The molecule has 3 heterocycles. The lowest BCUT2D eigenvalue weighted by Gasteiger charge is -2.45. The van der Waals surface area contributed by atoms with Crippen LogP contribution in [0.15, 0.2) is 243 Å². The van der Waals surface area contributed by atoms with Gasteiger partial charge < -0.3 is 19.4 Å². The standard InChI is InChI=1S/C60H40N4O/c1-4-16-43(17-5-1)62(44-18-6-2-7-19-44)47-33-35-55-53(39-47)60(50-23-11-10-22-48(50)49-40-61-37-36-51(49)60)52-38-42(30-34-54(52)63(55)45-20-8-3-9-21-45)41-28-31-46(32-29-41)64-56-24-12-14-26-58(56)65-59-27-15-13-25-57(59)64/h1-40H. The molecule has 5 heteroatoms. The number of anilines is 9. The van der Waals surface area contributed by atoms with Gasteiger partial charge in [0.25, 0.3) is 0 Å². The minimum Gasteiger partial charge on any atom is -0.453 e. The second-order valence-electron chi connectivity index (χ2n) is 16.7. The molecule has 5 nitrogen and oxygen atoms in total. The Morgan fingerprint density at radius 2 is 0.892 bits per heavy atom. The van der Waals surface area contributed by atoms with Crippen molar-refractivity contribution < 1.29 is 4.74 Å². The number of ether oxygens (including phenoxy) is 1. The van der Waals surface area contributed by atoms with E-state index in [2.05, 4.69) is 227 Å². The summed E-state index contributed by atoms with van der Waals surface area (Å²) in [5, 5.41) is 0. The van der Waals surface area contributed by atoms with Crippen LogP contribution < -0.4 is 19.4 Å². The first-order valence-corrected chi connectivity index (χ1v) is 22.1. The molecule has 3 aliphatic rings. The zero-order chi connectivity index (χ0) is 42.9. The predicted molar refractivity (Wildman–Crippen MR) is 265 cm³/mol. The molecule has 1 aliphatic carbocycles. The molecule has 0 bridgehead atoms. The normalized spacial score (nSPS) is 14.9. The first kappa shape index (κ1) is 36.9. The third-order valence-corrected chi connectivity index (χ3v) is 13.3. The summed E-state index contributed by atoms with van der Waals surface area (Å²) in [4.78, 5) is 11.9. The zero-order valence-corrected chi connectivity index (χ0v) is 35.3. The van der Waals surface area contributed by atoms with Crippen molar-refractivity contribution in [2.45, 2.75) is 5.41 Å². The Kier molecular flexibility index (Phi) is 8.36. The Balaban J connectivity index is 1.05. The lowest BCUT2D eigenvalue weighted by atomic mass is 9.64. The zero-order valence-electron chi connectivity index (χ0n) is 35.3. The Hall–Kier alpha value is -8.67. The van der Waals surface area contributed by atoms with Gasteiger partial charge in [0.05, 0.1) is 28.2 Å². The van der Waals surface area contributed by atoms with Crippen LogP contribution in [0, 0.1) is 0 Å². The molecule has 0 fully saturated rings. The van der Waals surface area contributed by atoms with Gasteiger partial charge in [0.15, 0.2) is 11.5 Å². The molecule has 1 atom stereocenters. The highest BCUT2D eigenvalue weighted by molar-refractivity contribution is 5.98. The van der Waals surface area contributed by atoms with Crippen molar-refractivity contribution in [3.63, 3.8) is 0 Å². The summed E-state index contributed by atoms with van der Waals surface area (Å²) in [7, 11) is 0. The topological polar surface area (TPSA) is 31.8 Å². The molecule has 306 valence electrons. The molecule has 65 heavy (non-hydrogen) atoms. The Morgan fingerprint density at radius 3 is 1.58 bits per heavy atom. The molecule has 0 saturated heterocycles. The van der Waals surface area contributed by atoms with E-state index in [0.29, 0.717) is 0 Å². The van der Waals surface area contributed by atoms with Crippen molar-refractivity contribution in [3.8, 4) is 33.8 Å². The average Bonchev–Trinajstić information content (AvgIpc) is 3.67. The number of pyridine rings is 1. The summed E-state index contributed by atoms with van der Waals surface area (Å²) in [5.74, 6) is 1.68. The number of hydrogen-bond donors (Lipinski definition) is 0. The van der Waals surface area contributed by atoms with Gasteiger partial charge in [-0.1, -0.05) is 121 Å². The highest BCUT2D eigenvalue weighted by Gasteiger charge is 2.52. The van der Waals surface area contributed by atoms with Crippen molar-refractivity contribution in [2.24, 2.45) is 0 Å². The molecule has 1 unspecified atom stereocenters. The lowest BCUT2D eigenvalue weighted by molar-refractivity contribution is 0.477. The van der Waals surface area contributed by atoms with Gasteiger partial charge in [-0.05, 0) is 148 Å². The maximum Gasteiger partial charge on any atom is 0.151 e. The van der Waals surface area contributed by atoms with E-state index in [1.165, 1.54) is 27.8 Å². The van der Waals surface area contributed by atoms with E-state index in [1.54, 1.807) is 0 Å². The number of nitrogens with zero attached hydrogens (tertiary/aromatic N) is 4. The quantitative estimate of drug-likeness (QED) is 0.167. The maximum atomic E-state index is 6.35. The van der Waals surface area contributed by atoms with Crippen molar-refractivity contribution in [1.82, 2.24) is 4.98 Å². The van der Waals surface area contributed by atoms with Gasteiger partial charge in [-0.25, -0.2) is 0 Å². The molecule has 0 amide bonds. The van der Waals surface area contributed by atoms with Crippen LogP contribution in [0.25, 0.3) is 22.3 Å². The Bertz CT molecular complexity index is 3300.